The van der Waals surface area contributed by atoms with Gasteiger partial charge in [-0.15, -0.1) is 0 Å². The summed E-state index contributed by atoms with van der Waals surface area (Å²) in [5.41, 5.74) is 0. The molecule has 4 N–H and O–H groups in total. The van der Waals surface area contributed by atoms with E-state index in [0.29, 0.717) is 9.80 Å². The number of aliphatic carboxylic acids is 8. The first-order valence-electron chi connectivity index (χ1n) is 9.64. The number of nitrogens with zero attached hydrogens (tertiary/aromatic N) is 2. The van der Waals surface area contributed by atoms with Gasteiger partial charge in [-0.25, -0.2) is 0 Å². The van der Waals surface area contributed by atoms with Crippen molar-refractivity contribution in [3.63, 3.8) is 0 Å². The van der Waals surface area contributed by atoms with E-state index in [-0.39, 0.29) is 118 Å². The van der Waals surface area contributed by atoms with Gasteiger partial charge in [0.25, 0.3) is 0 Å². The fraction of sp³-hybridized carbons (Fsp3) is 0.556. The number of carbonyl (C=O) groups excluding carboxylic acids is 4. The van der Waals surface area contributed by atoms with E-state index in [1.165, 1.54) is 0 Å². The van der Waals surface area contributed by atoms with Crippen LogP contribution in [0.3, 0.4) is 0 Å². The number of carboxylic acid groups (broad SMARTS) is 8. The van der Waals surface area contributed by atoms with Crippen LogP contribution in [0.5, 0.6) is 0 Å². The van der Waals surface area contributed by atoms with Crippen LogP contribution >= 0.6 is 0 Å². The van der Waals surface area contributed by atoms with E-state index in [4.69, 9.17) is 20.4 Å². The van der Waals surface area contributed by atoms with E-state index in [1.807, 2.05) is 0 Å². The largest absolute Gasteiger partial charge is 1.00 e. The van der Waals surface area contributed by atoms with Gasteiger partial charge in [0.05, 0.1) is 50.2 Å². The molecule has 22 heteroatoms. The van der Waals surface area contributed by atoms with Crippen LogP contribution in [0.15, 0.2) is 0 Å². The topological polar surface area (TPSA) is 316 Å². The van der Waals surface area contributed by atoms with Crippen LogP contribution in [0, 0.1) is 0 Å². The molecule has 0 amide bonds. The molecular formula is C18H22N2Na4O16. The molecule has 0 saturated carbocycles. The number of hydrogen-bond acceptors (Lipinski definition) is 14. The molecule has 0 saturated heterocycles. The molecule has 0 aromatic carbocycles. The zero-order chi connectivity index (χ0) is 28.6. The Morgan fingerprint density at radius 1 is 0.475 bits per heavy atom. The molecule has 0 spiro atoms. The summed E-state index contributed by atoms with van der Waals surface area (Å²) < 4.78 is 0. The second kappa shape index (κ2) is 28.8. The summed E-state index contributed by atoms with van der Waals surface area (Å²) >= 11 is 0. The van der Waals surface area contributed by atoms with Gasteiger partial charge in [-0.05, 0) is 25.7 Å². The van der Waals surface area contributed by atoms with Crippen molar-refractivity contribution in [3.05, 3.63) is 0 Å². The SMILES string of the molecule is O=C([O-])CC[C@@H](C(=O)[O-])N(CC(=O)O)CC(=O)O.O=C([O-])CC[C@@H](C(=O)[O-])N(CC(=O)O)CC(=O)O.[Na+].[Na+].[Na+].[Na+]. The monoisotopic (exact) mass is 614 g/mol. The summed E-state index contributed by atoms with van der Waals surface area (Å²) in [5, 5.41) is 76.1. The van der Waals surface area contributed by atoms with E-state index in [2.05, 4.69) is 0 Å². The molecule has 204 valence electrons. The van der Waals surface area contributed by atoms with E-state index >= 15 is 0 Å². The van der Waals surface area contributed by atoms with E-state index in [9.17, 15) is 58.8 Å². The number of rotatable bonds is 18. The second-order valence-electron chi connectivity index (χ2n) is 6.88. The second-order valence-corrected chi connectivity index (χ2v) is 6.88. The van der Waals surface area contributed by atoms with Crippen LogP contribution in [0.25, 0.3) is 0 Å². The predicted molar refractivity (Wildman–Crippen MR) is 99.8 cm³/mol. The molecule has 0 radical (unpaired) electrons. The molecule has 0 aliphatic rings. The minimum Gasteiger partial charge on any atom is -0.550 e. The van der Waals surface area contributed by atoms with E-state index in [0.717, 1.165) is 0 Å². The molecule has 0 aliphatic heterocycles. The molecule has 2 atom stereocenters. The molecule has 0 rings (SSSR count). The molecular weight excluding hydrogens is 592 g/mol. The third-order valence-corrected chi connectivity index (χ3v) is 4.02. The Hall–Kier alpha value is -0.320. The first kappa shape index (κ1) is 52.3. The van der Waals surface area contributed by atoms with Crippen molar-refractivity contribution < 1.29 is 197 Å². The van der Waals surface area contributed by atoms with Crippen LogP contribution in [0.4, 0.5) is 0 Å². The maximum atomic E-state index is 10.8. The smallest absolute Gasteiger partial charge is 0.550 e. The quantitative estimate of drug-likeness (QED) is 0.104. The van der Waals surface area contributed by atoms with Crippen molar-refractivity contribution in [1.29, 1.82) is 0 Å². The van der Waals surface area contributed by atoms with Crippen LogP contribution in [0.2, 0.25) is 0 Å². The van der Waals surface area contributed by atoms with Gasteiger partial charge in [0.1, 0.15) is 0 Å². The minimum absolute atomic E-state index is 0. The van der Waals surface area contributed by atoms with Gasteiger partial charge in [-0.2, -0.15) is 0 Å². The summed E-state index contributed by atoms with van der Waals surface area (Å²) in [7, 11) is 0. The maximum Gasteiger partial charge on any atom is 1.00 e. The van der Waals surface area contributed by atoms with Crippen LogP contribution in [0.1, 0.15) is 25.7 Å². The maximum absolute atomic E-state index is 10.8. The molecule has 0 heterocycles. The molecule has 0 bridgehead atoms. The number of carboxylic acids is 8. The molecule has 0 fully saturated rings. The molecule has 40 heavy (non-hydrogen) atoms. The third kappa shape index (κ3) is 29.2. The third-order valence-electron chi connectivity index (χ3n) is 4.02. The van der Waals surface area contributed by atoms with Crippen LogP contribution < -0.4 is 139 Å². The summed E-state index contributed by atoms with van der Waals surface area (Å²) in [6.07, 6.45) is -2.28. The van der Waals surface area contributed by atoms with Crippen molar-refractivity contribution in [2.45, 2.75) is 37.8 Å². The fourth-order valence-corrected chi connectivity index (χ4v) is 2.66. The Kier molecular flexibility index (Phi) is 37.7. The minimum atomic E-state index is -1.74. The number of hydrogen-bond donors (Lipinski definition) is 4. The van der Waals surface area contributed by atoms with Gasteiger partial charge < -0.3 is 60.0 Å². The Morgan fingerprint density at radius 2 is 0.675 bits per heavy atom. The normalized spacial score (nSPS) is 10.8. The van der Waals surface area contributed by atoms with Crippen molar-refractivity contribution in [1.82, 2.24) is 9.80 Å². The van der Waals surface area contributed by atoms with Gasteiger partial charge in [0.2, 0.25) is 0 Å². The van der Waals surface area contributed by atoms with Gasteiger partial charge in [-0.3, -0.25) is 29.0 Å². The molecule has 0 unspecified atom stereocenters. The first-order valence-corrected chi connectivity index (χ1v) is 9.64. The van der Waals surface area contributed by atoms with E-state index < -0.39 is 112 Å². The zero-order valence-corrected chi connectivity index (χ0v) is 30.4. The van der Waals surface area contributed by atoms with Crippen LogP contribution in [-0.4, -0.2) is 116 Å². The van der Waals surface area contributed by atoms with Gasteiger partial charge in [-0.1, -0.05) is 0 Å². The first-order chi connectivity index (χ1) is 16.5. The van der Waals surface area contributed by atoms with Crippen molar-refractivity contribution >= 4 is 47.8 Å². The molecule has 0 aromatic heterocycles. The fourth-order valence-electron chi connectivity index (χ4n) is 2.66. The van der Waals surface area contributed by atoms with Crippen molar-refractivity contribution in [3.8, 4) is 0 Å². The Morgan fingerprint density at radius 3 is 0.800 bits per heavy atom. The molecule has 18 nitrogen and oxygen atoms in total. The predicted octanol–water partition coefficient (Wildman–Crippen LogP) is -19.8. The average molecular weight is 614 g/mol. The van der Waals surface area contributed by atoms with Gasteiger partial charge in [0.15, 0.2) is 0 Å². The van der Waals surface area contributed by atoms with E-state index in [1.54, 1.807) is 0 Å². The zero-order valence-electron chi connectivity index (χ0n) is 22.4. The summed E-state index contributed by atoms with van der Waals surface area (Å²) in [4.78, 5) is 85.1. The van der Waals surface area contributed by atoms with Crippen LogP contribution in [-0.2, 0) is 38.4 Å². The van der Waals surface area contributed by atoms with Crippen molar-refractivity contribution in [2.24, 2.45) is 0 Å². The molecule has 0 aliphatic carbocycles. The standard InChI is InChI=1S/2C9H13NO8.4Na/c2*11-6(12)2-1-5(9(17)18)10(3-7(13)14)4-8(15)16;;;;/h2*5H,1-4H2,(H,11,12)(H,13,14)(H,15,16)(H,17,18);;;;/q;;4*+1/p-4/t2*5-;;;;/m00..../s1. The average Bonchev–Trinajstić information content (AvgIpc) is 2.65. The number of carbonyl (C=O) groups is 8. The van der Waals surface area contributed by atoms with Gasteiger partial charge in [0, 0.05) is 11.9 Å². The Labute approximate surface area is 315 Å². The van der Waals surface area contributed by atoms with Crippen molar-refractivity contribution in [2.75, 3.05) is 26.2 Å². The van der Waals surface area contributed by atoms with Gasteiger partial charge >= 0.3 is 142 Å². The Bertz CT molecular complexity index is 760. The summed E-state index contributed by atoms with van der Waals surface area (Å²) in [6, 6.07) is -3.23. The molecule has 0 aromatic rings. The Balaban J connectivity index is -0.000000131. The summed E-state index contributed by atoms with van der Waals surface area (Å²) in [6.45, 7) is -3.40. The summed E-state index contributed by atoms with van der Waals surface area (Å²) in [5.74, 6) is -12.3.